The van der Waals surface area contributed by atoms with E-state index in [2.05, 4.69) is 0 Å². The van der Waals surface area contributed by atoms with Crippen LogP contribution < -0.4 is 4.90 Å². The highest BCUT2D eigenvalue weighted by Gasteiger charge is 2.49. The predicted molar refractivity (Wildman–Crippen MR) is 75.7 cm³/mol. The molecule has 3 aromatic rings. The Balaban J connectivity index is 1.92. The predicted octanol–water partition coefficient (Wildman–Crippen LogP) is 3.15. The van der Waals surface area contributed by atoms with E-state index in [4.69, 9.17) is 13.6 Å². The van der Waals surface area contributed by atoms with Gasteiger partial charge in [0, 0.05) is 22.9 Å². The van der Waals surface area contributed by atoms with Crippen molar-refractivity contribution < 1.29 is 28.3 Å². The zero-order valence-electron chi connectivity index (χ0n) is 11.7. The molecule has 4 rings (SSSR count). The van der Waals surface area contributed by atoms with Gasteiger partial charge in [-0.3, -0.25) is 4.79 Å². The lowest BCUT2D eigenvalue weighted by Crippen LogP contribution is -2.35. The Kier molecular flexibility index (Phi) is 2.21. The van der Waals surface area contributed by atoms with Gasteiger partial charge in [-0.1, -0.05) is 0 Å². The van der Waals surface area contributed by atoms with Crippen LogP contribution in [0.2, 0.25) is 0 Å². The van der Waals surface area contributed by atoms with Crippen molar-refractivity contribution in [3.8, 4) is 5.95 Å². The SMILES string of the molecule is CC1(C)OC(=O)N(c2cc3c(ccc4oc(O)cc43)o2)C1=O. The molecule has 112 valence electrons. The quantitative estimate of drug-likeness (QED) is 0.742. The Hall–Kier alpha value is -2.96. The third-order valence-electron chi connectivity index (χ3n) is 3.64. The van der Waals surface area contributed by atoms with Crippen LogP contribution in [-0.2, 0) is 9.53 Å². The molecule has 0 bridgehead atoms. The Labute approximate surface area is 123 Å². The van der Waals surface area contributed by atoms with E-state index in [9.17, 15) is 14.7 Å². The summed E-state index contributed by atoms with van der Waals surface area (Å²) < 4.78 is 15.7. The van der Waals surface area contributed by atoms with Crippen LogP contribution in [-0.4, -0.2) is 22.7 Å². The van der Waals surface area contributed by atoms with E-state index in [-0.39, 0.29) is 11.8 Å². The first-order chi connectivity index (χ1) is 10.4. The lowest BCUT2D eigenvalue weighted by Gasteiger charge is -2.11. The highest BCUT2D eigenvalue weighted by Crippen LogP contribution is 2.37. The van der Waals surface area contributed by atoms with Gasteiger partial charge in [0.15, 0.2) is 5.60 Å². The average molecular weight is 301 g/mol. The molecule has 2 amide bonds. The van der Waals surface area contributed by atoms with Crippen molar-refractivity contribution in [3.05, 3.63) is 24.3 Å². The minimum Gasteiger partial charge on any atom is -0.481 e. The maximum absolute atomic E-state index is 12.2. The van der Waals surface area contributed by atoms with Crippen molar-refractivity contribution in [1.29, 1.82) is 0 Å². The average Bonchev–Trinajstić information content (AvgIpc) is 3.04. The maximum atomic E-state index is 12.2. The molecule has 0 atom stereocenters. The Morgan fingerprint density at radius 3 is 2.32 bits per heavy atom. The Morgan fingerprint density at radius 2 is 1.68 bits per heavy atom. The Bertz CT molecular complexity index is 948. The molecule has 7 nitrogen and oxygen atoms in total. The van der Waals surface area contributed by atoms with Gasteiger partial charge in [-0.25, -0.2) is 4.79 Å². The van der Waals surface area contributed by atoms with Crippen LogP contribution >= 0.6 is 0 Å². The number of fused-ring (bicyclic) bond motifs is 3. The lowest BCUT2D eigenvalue weighted by atomic mass is 10.1. The van der Waals surface area contributed by atoms with Gasteiger partial charge in [-0.05, 0) is 26.0 Å². The first kappa shape index (κ1) is 12.8. The van der Waals surface area contributed by atoms with Crippen molar-refractivity contribution in [3.63, 3.8) is 0 Å². The van der Waals surface area contributed by atoms with Gasteiger partial charge in [-0.15, -0.1) is 0 Å². The topological polar surface area (TPSA) is 93.1 Å². The fourth-order valence-electron chi connectivity index (χ4n) is 2.56. The second-order valence-corrected chi connectivity index (χ2v) is 5.58. The normalized spacial score (nSPS) is 17.6. The van der Waals surface area contributed by atoms with E-state index in [1.165, 1.54) is 19.9 Å². The summed E-state index contributed by atoms with van der Waals surface area (Å²) in [6, 6.07) is 6.28. The molecule has 3 heterocycles. The molecular formula is C15H11NO6. The number of rotatable bonds is 1. The lowest BCUT2D eigenvalue weighted by molar-refractivity contribution is -0.127. The van der Waals surface area contributed by atoms with Crippen LogP contribution in [0, 0.1) is 0 Å². The number of hydrogen-bond donors (Lipinski definition) is 1. The van der Waals surface area contributed by atoms with E-state index in [0.717, 1.165) is 4.90 Å². The number of hydrogen-bond acceptors (Lipinski definition) is 6. The molecule has 1 aliphatic heterocycles. The second kappa shape index (κ2) is 3.82. The number of anilines is 1. The molecule has 1 N–H and O–H groups in total. The van der Waals surface area contributed by atoms with Crippen molar-refractivity contribution in [2.45, 2.75) is 19.4 Å². The van der Waals surface area contributed by atoms with E-state index < -0.39 is 17.6 Å². The number of carbonyl (C=O) groups is 2. The zero-order chi connectivity index (χ0) is 15.6. The summed E-state index contributed by atoms with van der Waals surface area (Å²) in [5.74, 6) is -0.644. The number of imide groups is 1. The summed E-state index contributed by atoms with van der Waals surface area (Å²) in [4.78, 5) is 25.0. The summed E-state index contributed by atoms with van der Waals surface area (Å²) in [6.07, 6.45) is -0.777. The van der Waals surface area contributed by atoms with Crippen LogP contribution in [0.3, 0.4) is 0 Å². The van der Waals surface area contributed by atoms with E-state index in [1.807, 2.05) is 0 Å². The molecular weight excluding hydrogens is 290 g/mol. The molecule has 1 aromatic carbocycles. The van der Waals surface area contributed by atoms with Gasteiger partial charge in [0.05, 0.1) is 0 Å². The number of cyclic esters (lactones) is 1. The van der Waals surface area contributed by atoms with Crippen molar-refractivity contribution in [2.24, 2.45) is 0 Å². The number of amides is 2. The summed E-state index contributed by atoms with van der Waals surface area (Å²) in [7, 11) is 0. The van der Waals surface area contributed by atoms with Gasteiger partial charge in [0.25, 0.3) is 11.9 Å². The Morgan fingerprint density at radius 1 is 1.05 bits per heavy atom. The number of benzene rings is 1. The number of nitrogens with zero attached hydrogens (tertiary/aromatic N) is 1. The van der Waals surface area contributed by atoms with Crippen molar-refractivity contribution in [1.82, 2.24) is 0 Å². The fourth-order valence-corrected chi connectivity index (χ4v) is 2.56. The number of ether oxygens (including phenoxy) is 1. The number of furan rings is 2. The van der Waals surface area contributed by atoms with Crippen LogP contribution in [0.15, 0.2) is 33.1 Å². The smallest absolute Gasteiger partial charge is 0.424 e. The van der Waals surface area contributed by atoms with Gasteiger partial charge < -0.3 is 18.7 Å². The first-order valence-electron chi connectivity index (χ1n) is 6.59. The van der Waals surface area contributed by atoms with Crippen LogP contribution in [0.25, 0.3) is 21.9 Å². The molecule has 0 unspecified atom stereocenters. The van der Waals surface area contributed by atoms with Crippen LogP contribution in [0.1, 0.15) is 13.8 Å². The monoisotopic (exact) mass is 301 g/mol. The highest BCUT2D eigenvalue weighted by molar-refractivity contribution is 6.20. The first-order valence-corrected chi connectivity index (χ1v) is 6.59. The second-order valence-electron chi connectivity index (χ2n) is 5.58. The number of carbonyl (C=O) groups excluding carboxylic acids is 2. The summed E-state index contributed by atoms with van der Waals surface area (Å²) in [5.41, 5.74) is -0.277. The minimum absolute atomic E-state index is 0.0729. The van der Waals surface area contributed by atoms with Crippen LogP contribution in [0.4, 0.5) is 10.7 Å². The molecule has 22 heavy (non-hydrogen) atoms. The molecule has 7 heteroatoms. The molecule has 0 radical (unpaired) electrons. The summed E-state index contributed by atoms with van der Waals surface area (Å²) in [6.45, 7) is 3.03. The zero-order valence-corrected chi connectivity index (χ0v) is 11.7. The molecule has 1 aliphatic rings. The maximum Gasteiger partial charge on any atom is 0.424 e. The minimum atomic E-state index is -1.22. The molecule has 1 fully saturated rings. The van der Waals surface area contributed by atoms with E-state index in [0.29, 0.717) is 21.9 Å². The van der Waals surface area contributed by atoms with E-state index in [1.54, 1.807) is 18.2 Å². The number of aromatic hydroxyl groups is 1. The molecule has 0 spiro atoms. The largest absolute Gasteiger partial charge is 0.481 e. The van der Waals surface area contributed by atoms with Gasteiger partial charge in [-0.2, -0.15) is 4.90 Å². The molecule has 1 saturated heterocycles. The summed E-state index contributed by atoms with van der Waals surface area (Å²) in [5, 5.41) is 10.7. The highest BCUT2D eigenvalue weighted by atomic mass is 16.6. The summed E-state index contributed by atoms with van der Waals surface area (Å²) >= 11 is 0. The van der Waals surface area contributed by atoms with Gasteiger partial charge in [0.1, 0.15) is 11.2 Å². The molecule has 0 saturated carbocycles. The molecule has 0 aliphatic carbocycles. The van der Waals surface area contributed by atoms with Crippen LogP contribution in [0.5, 0.6) is 5.95 Å². The van der Waals surface area contributed by atoms with Crippen molar-refractivity contribution >= 4 is 39.8 Å². The standard InChI is InChI=1S/C15H11NO6/c1-15(2)13(18)16(14(19)22-15)11-5-7-8-6-12(17)21-10(8)4-3-9(7)20-11/h3-6,17H,1-2H3. The fraction of sp³-hybridized carbons (Fsp3) is 0.200. The third-order valence-corrected chi connectivity index (χ3v) is 3.64. The van der Waals surface area contributed by atoms with E-state index >= 15 is 0 Å². The van der Waals surface area contributed by atoms with Gasteiger partial charge in [0.2, 0.25) is 5.88 Å². The van der Waals surface area contributed by atoms with Crippen molar-refractivity contribution in [2.75, 3.05) is 4.90 Å². The van der Waals surface area contributed by atoms with Gasteiger partial charge >= 0.3 is 6.09 Å². The molecule has 2 aromatic heterocycles. The third kappa shape index (κ3) is 1.56.